The summed E-state index contributed by atoms with van der Waals surface area (Å²) in [6, 6.07) is 5.83. The SMILES string of the molecule is CC(C#N)(/C=C/c1ccco1)O[Si](C)(C)C. The molecule has 0 aliphatic rings. The average Bonchev–Trinajstić information content (AvgIpc) is 2.64. The molecule has 0 aliphatic heterocycles. The topological polar surface area (TPSA) is 46.2 Å². The minimum absolute atomic E-state index is 0.723. The first-order valence-electron chi connectivity index (χ1n) is 5.19. The van der Waals surface area contributed by atoms with Gasteiger partial charge in [-0.05, 0) is 50.8 Å². The predicted octanol–water partition coefficient (Wildman–Crippen LogP) is 3.43. The molecular weight excluding hydrogens is 218 g/mol. The summed E-state index contributed by atoms with van der Waals surface area (Å²) in [6.45, 7) is 7.95. The Balaban J connectivity index is 2.79. The van der Waals surface area contributed by atoms with E-state index in [-0.39, 0.29) is 0 Å². The molecule has 1 aromatic heterocycles. The number of hydrogen-bond acceptors (Lipinski definition) is 3. The lowest BCUT2D eigenvalue weighted by atomic mass is 10.1. The summed E-state index contributed by atoms with van der Waals surface area (Å²) in [6.07, 6.45) is 5.11. The molecular formula is C12H17NO2Si. The summed E-state index contributed by atoms with van der Waals surface area (Å²) >= 11 is 0. The summed E-state index contributed by atoms with van der Waals surface area (Å²) in [5.74, 6) is 0.723. The molecule has 1 heterocycles. The van der Waals surface area contributed by atoms with Crippen LogP contribution in [0.3, 0.4) is 0 Å². The molecule has 0 aromatic carbocycles. The van der Waals surface area contributed by atoms with E-state index in [1.54, 1.807) is 25.3 Å². The Morgan fingerprint density at radius 3 is 2.62 bits per heavy atom. The number of nitrogens with zero attached hydrogens (tertiary/aromatic N) is 1. The minimum Gasteiger partial charge on any atom is -0.465 e. The van der Waals surface area contributed by atoms with Crippen molar-refractivity contribution in [1.82, 2.24) is 0 Å². The third-order valence-corrected chi connectivity index (χ3v) is 2.89. The second kappa shape index (κ2) is 4.68. The largest absolute Gasteiger partial charge is 0.465 e. The molecule has 0 spiro atoms. The van der Waals surface area contributed by atoms with Gasteiger partial charge < -0.3 is 8.84 Å². The van der Waals surface area contributed by atoms with Crippen LogP contribution >= 0.6 is 0 Å². The molecule has 4 heteroatoms. The van der Waals surface area contributed by atoms with Crippen LogP contribution < -0.4 is 0 Å². The van der Waals surface area contributed by atoms with Crippen molar-refractivity contribution in [2.24, 2.45) is 0 Å². The van der Waals surface area contributed by atoms with Crippen molar-refractivity contribution in [3.63, 3.8) is 0 Å². The van der Waals surface area contributed by atoms with Crippen LogP contribution in [-0.4, -0.2) is 13.9 Å². The molecule has 0 aliphatic carbocycles. The molecule has 16 heavy (non-hydrogen) atoms. The smallest absolute Gasteiger partial charge is 0.186 e. The Labute approximate surface area is 97.5 Å². The molecule has 0 bridgehead atoms. The molecule has 3 nitrogen and oxygen atoms in total. The molecule has 1 aromatic rings. The van der Waals surface area contributed by atoms with Gasteiger partial charge in [0.1, 0.15) is 11.8 Å². The van der Waals surface area contributed by atoms with E-state index < -0.39 is 13.9 Å². The van der Waals surface area contributed by atoms with Crippen LogP contribution in [-0.2, 0) is 4.43 Å². The van der Waals surface area contributed by atoms with Gasteiger partial charge >= 0.3 is 0 Å². The summed E-state index contributed by atoms with van der Waals surface area (Å²) in [5, 5.41) is 9.14. The van der Waals surface area contributed by atoms with Crippen LogP contribution in [0, 0.1) is 11.3 Å². The Morgan fingerprint density at radius 2 is 2.19 bits per heavy atom. The molecule has 1 unspecified atom stereocenters. The van der Waals surface area contributed by atoms with Gasteiger partial charge in [-0.25, -0.2) is 0 Å². The van der Waals surface area contributed by atoms with Crippen molar-refractivity contribution in [2.75, 3.05) is 0 Å². The summed E-state index contributed by atoms with van der Waals surface area (Å²) < 4.78 is 11.0. The van der Waals surface area contributed by atoms with Crippen LogP contribution in [0.15, 0.2) is 28.9 Å². The Morgan fingerprint density at radius 1 is 1.50 bits per heavy atom. The van der Waals surface area contributed by atoms with Gasteiger partial charge in [0.05, 0.1) is 6.26 Å². The first-order valence-corrected chi connectivity index (χ1v) is 8.60. The quantitative estimate of drug-likeness (QED) is 0.751. The predicted molar refractivity (Wildman–Crippen MR) is 66.2 cm³/mol. The highest BCUT2D eigenvalue weighted by Crippen LogP contribution is 2.20. The first kappa shape index (κ1) is 12.8. The molecule has 1 rings (SSSR count). The zero-order valence-corrected chi connectivity index (χ0v) is 11.2. The Hall–Kier alpha value is -1.31. The second-order valence-electron chi connectivity index (χ2n) is 4.78. The van der Waals surface area contributed by atoms with Crippen molar-refractivity contribution in [3.8, 4) is 6.07 Å². The third kappa shape index (κ3) is 4.05. The van der Waals surface area contributed by atoms with Gasteiger partial charge in [-0.3, -0.25) is 0 Å². The average molecular weight is 235 g/mol. The van der Waals surface area contributed by atoms with Gasteiger partial charge in [0.25, 0.3) is 0 Å². The van der Waals surface area contributed by atoms with E-state index in [4.69, 9.17) is 14.1 Å². The summed E-state index contributed by atoms with van der Waals surface area (Å²) in [4.78, 5) is 0. The van der Waals surface area contributed by atoms with E-state index in [1.165, 1.54) is 0 Å². The third-order valence-electron chi connectivity index (χ3n) is 1.85. The minimum atomic E-state index is -1.74. The summed E-state index contributed by atoms with van der Waals surface area (Å²) in [7, 11) is -1.74. The standard InChI is InChI=1S/C12H17NO2Si/c1-12(10-13,15-16(2,3)4)8-7-11-6-5-9-14-11/h5-9H,1-4H3/b8-7+. The number of hydrogen-bond donors (Lipinski definition) is 0. The summed E-state index contributed by atoms with van der Waals surface area (Å²) in [5.41, 5.74) is -0.878. The van der Waals surface area contributed by atoms with Crippen LogP contribution in [0.5, 0.6) is 0 Å². The van der Waals surface area contributed by atoms with E-state index in [1.807, 2.05) is 12.1 Å². The lowest BCUT2D eigenvalue weighted by molar-refractivity contribution is 0.193. The highest BCUT2D eigenvalue weighted by Gasteiger charge is 2.29. The fourth-order valence-corrected chi connectivity index (χ4v) is 2.74. The fourth-order valence-electron chi connectivity index (χ4n) is 1.36. The maximum atomic E-state index is 9.14. The first-order chi connectivity index (χ1) is 7.35. The maximum Gasteiger partial charge on any atom is 0.186 e. The molecule has 0 fully saturated rings. The van der Waals surface area contributed by atoms with Crippen molar-refractivity contribution in [1.29, 1.82) is 5.26 Å². The van der Waals surface area contributed by atoms with E-state index in [0.29, 0.717) is 0 Å². The van der Waals surface area contributed by atoms with Crippen molar-refractivity contribution in [2.45, 2.75) is 32.2 Å². The lowest BCUT2D eigenvalue weighted by Gasteiger charge is -2.27. The normalized spacial score (nSPS) is 15.9. The Bertz CT molecular complexity index is 398. The number of rotatable bonds is 4. The van der Waals surface area contributed by atoms with Crippen LogP contribution in [0.2, 0.25) is 19.6 Å². The highest BCUT2D eigenvalue weighted by atomic mass is 28.4. The van der Waals surface area contributed by atoms with Gasteiger partial charge in [0, 0.05) is 0 Å². The van der Waals surface area contributed by atoms with Gasteiger partial charge in [-0.2, -0.15) is 5.26 Å². The molecule has 0 N–H and O–H groups in total. The van der Waals surface area contributed by atoms with Crippen LogP contribution in [0.25, 0.3) is 6.08 Å². The molecule has 0 saturated heterocycles. The molecule has 86 valence electrons. The maximum absolute atomic E-state index is 9.14. The molecule has 0 radical (unpaired) electrons. The van der Waals surface area contributed by atoms with Crippen molar-refractivity contribution in [3.05, 3.63) is 30.2 Å². The molecule has 0 saturated carbocycles. The zero-order valence-electron chi connectivity index (χ0n) is 10.2. The van der Waals surface area contributed by atoms with E-state index in [9.17, 15) is 0 Å². The van der Waals surface area contributed by atoms with Crippen molar-refractivity contribution < 1.29 is 8.84 Å². The van der Waals surface area contributed by atoms with Gasteiger partial charge in [-0.15, -0.1) is 0 Å². The fraction of sp³-hybridized carbons (Fsp3) is 0.417. The van der Waals surface area contributed by atoms with Gasteiger partial charge in [-0.1, -0.05) is 0 Å². The number of furan rings is 1. The Kier molecular flexibility index (Phi) is 3.73. The van der Waals surface area contributed by atoms with E-state index in [0.717, 1.165) is 5.76 Å². The monoisotopic (exact) mass is 235 g/mol. The second-order valence-corrected chi connectivity index (χ2v) is 9.21. The van der Waals surface area contributed by atoms with Gasteiger partial charge in [0.2, 0.25) is 0 Å². The molecule has 1 atom stereocenters. The van der Waals surface area contributed by atoms with Gasteiger partial charge in [0.15, 0.2) is 13.9 Å². The lowest BCUT2D eigenvalue weighted by Crippen LogP contribution is -2.38. The number of nitriles is 1. The molecule has 0 amide bonds. The van der Waals surface area contributed by atoms with E-state index in [2.05, 4.69) is 25.7 Å². The van der Waals surface area contributed by atoms with Crippen LogP contribution in [0.1, 0.15) is 12.7 Å². The van der Waals surface area contributed by atoms with Crippen molar-refractivity contribution >= 4 is 14.4 Å². The highest BCUT2D eigenvalue weighted by molar-refractivity contribution is 6.69. The van der Waals surface area contributed by atoms with Crippen LogP contribution in [0.4, 0.5) is 0 Å². The van der Waals surface area contributed by atoms with E-state index >= 15 is 0 Å². The zero-order chi connectivity index (χ0) is 12.2.